The summed E-state index contributed by atoms with van der Waals surface area (Å²) in [5.41, 5.74) is 0. The van der Waals surface area contributed by atoms with Crippen molar-refractivity contribution in [2.45, 2.75) is 51.1 Å². The molecular weight excluding hydrogens is 264 g/mol. The van der Waals surface area contributed by atoms with Gasteiger partial charge in [-0.3, -0.25) is 9.48 Å². The average Bonchev–Trinajstić information content (AvgIpc) is 2.92. The van der Waals surface area contributed by atoms with Crippen LogP contribution in [0.25, 0.3) is 0 Å². The van der Waals surface area contributed by atoms with Crippen LogP contribution >= 0.6 is 0 Å². The van der Waals surface area contributed by atoms with Crippen LogP contribution in [0.2, 0.25) is 0 Å². The molecule has 2 saturated heterocycles. The monoisotopic (exact) mass is 290 g/mol. The summed E-state index contributed by atoms with van der Waals surface area (Å²) >= 11 is 0. The minimum absolute atomic E-state index is 0.348. The van der Waals surface area contributed by atoms with E-state index in [1.807, 2.05) is 16.9 Å². The van der Waals surface area contributed by atoms with Gasteiger partial charge in [-0.1, -0.05) is 6.42 Å². The van der Waals surface area contributed by atoms with E-state index in [1.165, 1.54) is 12.8 Å². The summed E-state index contributed by atoms with van der Waals surface area (Å²) in [5, 5.41) is 7.67. The lowest BCUT2D eigenvalue weighted by molar-refractivity contribution is -0.135. The third-order valence-corrected chi connectivity index (χ3v) is 4.85. The number of likely N-dealkylation sites (tertiary alicyclic amines) is 1. The average molecular weight is 290 g/mol. The fourth-order valence-electron chi connectivity index (χ4n) is 3.75. The van der Waals surface area contributed by atoms with Crippen LogP contribution in [0.3, 0.4) is 0 Å². The fraction of sp³-hybridized carbons (Fsp3) is 0.750. The molecule has 0 bridgehead atoms. The number of carbonyl (C=O) groups excluding carboxylic acids is 1. The van der Waals surface area contributed by atoms with Crippen molar-refractivity contribution in [2.24, 2.45) is 5.92 Å². The third-order valence-electron chi connectivity index (χ3n) is 4.85. The van der Waals surface area contributed by atoms with Crippen molar-refractivity contribution in [3.63, 3.8) is 0 Å². The molecular formula is C16H26N4O. The van der Waals surface area contributed by atoms with Gasteiger partial charge in [-0.25, -0.2) is 0 Å². The first-order valence-electron chi connectivity index (χ1n) is 8.32. The van der Waals surface area contributed by atoms with Gasteiger partial charge in [0.25, 0.3) is 0 Å². The molecule has 3 heterocycles. The Morgan fingerprint density at radius 1 is 1.33 bits per heavy atom. The summed E-state index contributed by atoms with van der Waals surface area (Å²) in [4.78, 5) is 14.8. The predicted octanol–water partition coefficient (Wildman–Crippen LogP) is 1.65. The molecule has 0 spiro atoms. The lowest BCUT2D eigenvalue weighted by atomic mass is 9.89. The van der Waals surface area contributed by atoms with Gasteiger partial charge >= 0.3 is 0 Å². The zero-order valence-electron chi connectivity index (χ0n) is 12.7. The predicted molar refractivity (Wildman–Crippen MR) is 81.8 cm³/mol. The Hall–Kier alpha value is -1.36. The lowest BCUT2D eigenvalue weighted by Gasteiger charge is -2.38. The molecule has 2 aliphatic rings. The minimum atomic E-state index is 0.348. The van der Waals surface area contributed by atoms with E-state index < -0.39 is 0 Å². The molecule has 2 aliphatic heterocycles. The molecule has 116 valence electrons. The largest absolute Gasteiger partial charge is 0.339 e. The number of amides is 1. The number of rotatable bonds is 4. The van der Waals surface area contributed by atoms with Gasteiger partial charge in [-0.15, -0.1) is 0 Å². The standard InChI is InChI=1S/C16H26N4O/c21-16(6-3-10-19-11-4-8-18-19)20-12-2-1-5-14-13-17-9-7-15(14)20/h4,8,11,14-15,17H,1-3,5-7,9-10,12-13H2/t14-,15+/m0/s1. The van der Waals surface area contributed by atoms with Crippen LogP contribution in [0.15, 0.2) is 18.5 Å². The lowest BCUT2D eigenvalue weighted by Crippen LogP contribution is -2.50. The van der Waals surface area contributed by atoms with Gasteiger partial charge in [0.2, 0.25) is 5.91 Å². The second kappa shape index (κ2) is 7.07. The molecule has 2 fully saturated rings. The van der Waals surface area contributed by atoms with Gasteiger partial charge < -0.3 is 10.2 Å². The summed E-state index contributed by atoms with van der Waals surface area (Å²) in [7, 11) is 0. The maximum atomic E-state index is 12.6. The molecule has 0 aliphatic carbocycles. The first-order valence-corrected chi connectivity index (χ1v) is 8.32. The van der Waals surface area contributed by atoms with E-state index in [-0.39, 0.29) is 0 Å². The van der Waals surface area contributed by atoms with Crippen molar-refractivity contribution < 1.29 is 4.79 Å². The molecule has 3 rings (SSSR count). The number of piperidine rings is 1. The van der Waals surface area contributed by atoms with Crippen LogP contribution in [0.1, 0.15) is 38.5 Å². The molecule has 1 aromatic heterocycles. The van der Waals surface area contributed by atoms with Crippen LogP contribution in [0.4, 0.5) is 0 Å². The van der Waals surface area contributed by atoms with Crippen molar-refractivity contribution in [3.8, 4) is 0 Å². The van der Waals surface area contributed by atoms with Crippen molar-refractivity contribution >= 4 is 5.91 Å². The van der Waals surface area contributed by atoms with Crippen molar-refractivity contribution in [3.05, 3.63) is 18.5 Å². The molecule has 2 atom stereocenters. The number of fused-ring (bicyclic) bond motifs is 1. The SMILES string of the molecule is O=C(CCCn1cccn1)N1CCCC[C@H]2CNCC[C@H]21. The van der Waals surface area contributed by atoms with Crippen molar-refractivity contribution in [2.75, 3.05) is 19.6 Å². The topological polar surface area (TPSA) is 50.2 Å². The minimum Gasteiger partial charge on any atom is -0.339 e. The maximum absolute atomic E-state index is 12.6. The number of hydrogen-bond donors (Lipinski definition) is 1. The molecule has 0 aromatic carbocycles. The molecule has 0 radical (unpaired) electrons. The summed E-state index contributed by atoms with van der Waals surface area (Å²) in [6.45, 7) is 3.93. The highest BCUT2D eigenvalue weighted by atomic mass is 16.2. The van der Waals surface area contributed by atoms with E-state index in [0.717, 1.165) is 45.4 Å². The van der Waals surface area contributed by atoms with Gasteiger partial charge in [0.05, 0.1) is 0 Å². The molecule has 1 aromatic rings. The highest BCUT2D eigenvalue weighted by Crippen LogP contribution is 2.27. The number of nitrogens with one attached hydrogen (secondary N) is 1. The first-order chi connectivity index (χ1) is 10.3. The number of nitrogens with zero attached hydrogens (tertiary/aromatic N) is 3. The smallest absolute Gasteiger partial charge is 0.222 e. The third kappa shape index (κ3) is 3.64. The molecule has 5 nitrogen and oxygen atoms in total. The van der Waals surface area contributed by atoms with Gasteiger partial charge in [-0.2, -0.15) is 5.10 Å². The van der Waals surface area contributed by atoms with E-state index >= 15 is 0 Å². The van der Waals surface area contributed by atoms with E-state index in [9.17, 15) is 4.79 Å². The van der Waals surface area contributed by atoms with Crippen molar-refractivity contribution in [1.29, 1.82) is 0 Å². The number of hydrogen-bond acceptors (Lipinski definition) is 3. The Morgan fingerprint density at radius 2 is 2.29 bits per heavy atom. The fourth-order valence-corrected chi connectivity index (χ4v) is 3.75. The Kier molecular flexibility index (Phi) is 4.91. The zero-order valence-corrected chi connectivity index (χ0v) is 12.7. The summed E-state index contributed by atoms with van der Waals surface area (Å²) in [6, 6.07) is 2.40. The van der Waals surface area contributed by atoms with Crippen LogP contribution in [-0.2, 0) is 11.3 Å². The van der Waals surface area contributed by atoms with Gasteiger partial charge in [-0.05, 0) is 50.8 Å². The second-order valence-corrected chi connectivity index (χ2v) is 6.28. The molecule has 0 unspecified atom stereocenters. The number of aromatic nitrogens is 2. The first kappa shape index (κ1) is 14.6. The summed E-state index contributed by atoms with van der Waals surface area (Å²) < 4.78 is 1.91. The normalized spacial score (nSPS) is 26.2. The molecule has 1 amide bonds. The highest BCUT2D eigenvalue weighted by Gasteiger charge is 2.33. The van der Waals surface area contributed by atoms with Crippen LogP contribution in [0.5, 0.6) is 0 Å². The quantitative estimate of drug-likeness (QED) is 0.917. The Labute approximate surface area is 126 Å². The van der Waals surface area contributed by atoms with E-state index in [4.69, 9.17) is 0 Å². The Balaban J connectivity index is 1.54. The number of carbonyl (C=O) groups is 1. The van der Waals surface area contributed by atoms with Gasteiger partial charge in [0.15, 0.2) is 0 Å². The van der Waals surface area contributed by atoms with Crippen LogP contribution < -0.4 is 5.32 Å². The van der Waals surface area contributed by atoms with Gasteiger partial charge in [0, 0.05) is 37.9 Å². The zero-order chi connectivity index (χ0) is 14.5. The van der Waals surface area contributed by atoms with Crippen LogP contribution in [-0.4, -0.2) is 46.3 Å². The highest BCUT2D eigenvalue weighted by molar-refractivity contribution is 5.76. The summed E-state index contributed by atoms with van der Waals surface area (Å²) in [6.07, 6.45) is 10.1. The number of aryl methyl sites for hydroxylation is 1. The Morgan fingerprint density at radius 3 is 3.14 bits per heavy atom. The molecule has 1 N–H and O–H groups in total. The van der Waals surface area contributed by atoms with E-state index in [0.29, 0.717) is 24.3 Å². The molecule has 21 heavy (non-hydrogen) atoms. The van der Waals surface area contributed by atoms with E-state index in [1.54, 1.807) is 6.20 Å². The summed E-state index contributed by atoms with van der Waals surface area (Å²) in [5.74, 6) is 1.01. The van der Waals surface area contributed by atoms with Crippen LogP contribution in [0, 0.1) is 5.92 Å². The maximum Gasteiger partial charge on any atom is 0.222 e. The molecule has 0 saturated carbocycles. The van der Waals surface area contributed by atoms with Crippen molar-refractivity contribution in [1.82, 2.24) is 20.0 Å². The molecule has 5 heteroatoms. The Bertz CT molecular complexity index is 445. The van der Waals surface area contributed by atoms with E-state index in [2.05, 4.69) is 15.3 Å². The van der Waals surface area contributed by atoms with Gasteiger partial charge in [0.1, 0.15) is 0 Å². The second-order valence-electron chi connectivity index (χ2n) is 6.28.